The number of hydrogen-bond donors (Lipinski definition) is 0. The molecule has 0 unspecified atom stereocenters. The predicted octanol–water partition coefficient (Wildman–Crippen LogP) is 4.06. The van der Waals surface area contributed by atoms with E-state index in [1.165, 1.54) is 0 Å². The van der Waals surface area contributed by atoms with Crippen LogP contribution in [0.5, 0.6) is 0 Å². The summed E-state index contributed by atoms with van der Waals surface area (Å²) in [4.78, 5) is 29.1. The zero-order chi connectivity index (χ0) is 26.2. The summed E-state index contributed by atoms with van der Waals surface area (Å²) in [5.74, 6) is 3.03. The SMILES string of the molecule is CC(C)(c1ccc(C(=O)N2CCOCC2)o1)c1ccc(C(C)(C)c2ccc(C(=O)N3CCOCC3)o2)o1. The molecule has 37 heavy (non-hydrogen) atoms. The third-order valence-corrected chi connectivity index (χ3v) is 7.30. The molecule has 198 valence electrons. The van der Waals surface area contributed by atoms with Gasteiger partial charge in [-0.2, -0.15) is 0 Å². The van der Waals surface area contributed by atoms with E-state index in [1.807, 2.05) is 52.0 Å². The Balaban J connectivity index is 1.33. The molecule has 0 atom stereocenters. The Labute approximate surface area is 216 Å². The number of hydrogen-bond acceptors (Lipinski definition) is 7. The summed E-state index contributed by atoms with van der Waals surface area (Å²) < 4.78 is 29.1. The molecule has 0 spiro atoms. The first kappa shape index (κ1) is 25.4. The van der Waals surface area contributed by atoms with Gasteiger partial charge < -0.3 is 32.5 Å². The van der Waals surface area contributed by atoms with E-state index in [9.17, 15) is 9.59 Å². The lowest BCUT2D eigenvalue weighted by Crippen LogP contribution is -2.40. The number of morpholine rings is 2. The van der Waals surface area contributed by atoms with Crippen LogP contribution in [0, 0.1) is 0 Å². The van der Waals surface area contributed by atoms with Gasteiger partial charge in [-0.15, -0.1) is 0 Å². The van der Waals surface area contributed by atoms with Crippen molar-refractivity contribution in [3.8, 4) is 0 Å². The van der Waals surface area contributed by atoms with Gasteiger partial charge in [0.2, 0.25) is 0 Å². The Hall–Kier alpha value is -3.30. The molecular weight excluding hydrogens is 476 g/mol. The monoisotopic (exact) mass is 510 g/mol. The van der Waals surface area contributed by atoms with Crippen molar-refractivity contribution in [3.05, 3.63) is 71.0 Å². The first-order valence-corrected chi connectivity index (χ1v) is 12.7. The number of amides is 2. The van der Waals surface area contributed by atoms with E-state index < -0.39 is 10.8 Å². The van der Waals surface area contributed by atoms with Gasteiger partial charge in [-0.25, -0.2) is 0 Å². The molecule has 2 saturated heterocycles. The van der Waals surface area contributed by atoms with Crippen LogP contribution in [0.3, 0.4) is 0 Å². The lowest BCUT2D eigenvalue weighted by atomic mass is 9.87. The van der Waals surface area contributed by atoms with Crippen LogP contribution >= 0.6 is 0 Å². The number of ether oxygens (including phenoxy) is 2. The van der Waals surface area contributed by atoms with Crippen LogP contribution in [0.4, 0.5) is 0 Å². The van der Waals surface area contributed by atoms with Gasteiger partial charge in [0.15, 0.2) is 11.5 Å². The minimum absolute atomic E-state index is 0.133. The second-order valence-electron chi connectivity index (χ2n) is 10.6. The van der Waals surface area contributed by atoms with Crippen molar-refractivity contribution in [2.75, 3.05) is 52.6 Å². The molecule has 5 rings (SSSR count). The van der Waals surface area contributed by atoms with E-state index >= 15 is 0 Å². The normalized spacial score (nSPS) is 17.3. The standard InChI is InChI=1S/C28H34N2O7/c1-27(2,21-7-5-19(35-21)25(31)29-11-15-33-16-12-29)23-9-10-24(37-23)28(3,4)22-8-6-20(36-22)26(32)30-13-17-34-18-14-30/h5-10H,11-18H2,1-4H3. The molecule has 2 aliphatic rings. The highest BCUT2D eigenvalue weighted by atomic mass is 16.5. The average molecular weight is 511 g/mol. The van der Waals surface area contributed by atoms with Crippen molar-refractivity contribution in [2.24, 2.45) is 0 Å². The third kappa shape index (κ3) is 4.85. The quantitative estimate of drug-likeness (QED) is 0.493. The maximum atomic E-state index is 12.8. The van der Waals surface area contributed by atoms with E-state index in [2.05, 4.69) is 0 Å². The van der Waals surface area contributed by atoms with Crippen LogP contribution in [-0.4, -0.2) is 74.2 Å². The fraction of sp³-hybridized carbons (Fsp3) is 0.500. The summed E-state index contributed by atoms with van der Waals surface area (Å²) in [6.45, 7) is 12.4. The molecular formula is C28H34N2O7. The van der Waals surface area contributed by atoms with Crippen molar-refractivity contribution >= 4 is 11.8 Å². The fourth-order valence-electron chi connectivity index (χ4n) is 4.67. The van der Waals surface area contributed by atoms with Crippen LogP contribution in [-0.2, 0) is 20.3 Å². The molecule has 0 radical (unpaired) electrons. The van der Waals surface area contributed by atoms with Crippen molar-refractivity contribution in [2.45, 2.75) is 38.5 Å². The van der Waals surface area contributed by atoms with Gasteiger partial charge in [-0.05, 0) is 64.1 Å². The van der Waals surface area contributed by atoms with Crippen molar-refractivity contribution < 1.29 is 32.3 Å². The smallest absolute Gasteiger partial charge is 0.289 e. The highest BCUT2D eigenvalue weighted by Gasteiger charge is 2.36. The van der Waals surface area contributed by atoms with Crippen LogP contribution in [0.1, 0.15) is 71.8 Å². The number of carbonyl (C=O) groups is 2. The molecule has 2 fully saturated rings. The molecule has 3 aromatic rings. The first-order chi connectivity index (χ1) is 17.7. The minimum Gasteiger partial charge on any atom is -0.464 e. The fourth-order valence-corrected chi connectivity index (χ4v) is 4.67. The summed E-state index contributed by atoms with van der Waals surface area (Å²) >= 11 is 0. The predicted molar refractivity (Wildman–Crippen MR) is 134 cm³/mol. The van der Waals surface area contributed by atoms with Crippen LogP contribution < -0.4 is 0 Å². The van der Waals surface area contributed by atoms with Gasteiger partial charge in [0.05, 0.1) is 37.3 Å². The van der Waals surface area contributed by atoms with E-state index in [4.69, 9.17) is 22.7 Å². The largest absolute Gasteiger partial charge is 0.464 e. The van der Waals surface area contributed by atoms with Crippen molar-refractivity contribution in [1.29, 1.82) is 0 Å². The van der Waals surface area contributed by atoms with Gasteiger partial charge in [0.25, 0.3) is 11.8 Å². The molecule has 0 aromatic carbocycles. The summed E-state index contributed by atoms with van der Waals surface area (Å²) in [6, 6.07) is 10.9. The molecule has 0 N–H and O–H groups in total. The first-order valence-electron chi connectivity index (χ1n) is 12.7. The zero-order valence-corrected chi connectivity index (χ0v) is 21.9. The minimum atomic E-state index is -0.613. The number of nitrogens with zero attached hydrogens (tertiary/aromatic N) is 2. The third-order valence-electron chi connectivity index (χ3n) is 7.30. The Morgan fingerprint density at radius 3 is 1.27 bits per heavy atom. The Bertz CT molecular complexity index is 1160. The second kappa shape index (κ2) is 9.87. The Kier molecular flexibility index (Phi) is 6.76. The molecule has 0 aliphatic carbocycles. The number of carbonyl (C=O) groups excluding carboxylic acids is 2. The number of furan rings is 3. The van der Waals surface area contributed by atoms with Crippen LogP contribution in [0.15, 0.2) is 49.6 Å². The van der Waals surface area contributed by atoms with E-state index in [0.717, 1.165) is 0 Å². The van der Waals surface area contributed by atoms with Gasteiger partial charge in [-0.3, -0.25) is 9.59 Å². The van der Waals surface area contributed by atoms with E-state index in [1.54, 1.807) is 21.9 Å². The van der Waals surface area contributed by atoms with Gasteiger partial charge in [0, 0.05) is 26.2 Å². The highest BCUT2D eigenvalue weighted by molar-refractivity contribution is 5.92. The van der Waals surface area contributed by atoms with Crippen LogP contribution in [0.25, 0.3) is 0 Å². The summed E-state index contributed by atoms with van der Waals surface area (Å²) in [5.41, 5.74) is -1.23. The zero-order valence-electron chi connectivity index (χ0n) is 21.9. The summed E-state index contributed by atoms with van der Waals surface area (Å²) in [6.07, 6.45) is 0. The molecule has 9 heteroatoms. The Morgan fingerprint density at radius 2 is 0.892 bits per heavy atom. The summed E-state index contributed by atoms with van der Waals surface area (Å²) in [7, 11) is 0. The molecule has 3 aromatic heterocycles. The Morgan fingerprint density at radius 1 is 0.568 bits per heavy atom. The van der Waals surface area contributed by atoms with Crippen molar-refractivity contribution in [1.82, 2.24) is 9.80 Å². The highest BCUT2D eigenvalue weighted by Crippen LogP contribution is 2.39. The van der Waals surface area contributed by atoms with E-state index in [0.29, 0.717) is 87.2 Å². The van der Waals surface area contributed by atoms with Gasteiger partial charge in [0.1, 0.15) is 23.0 Å². The van der Waals surface area contributed by atoms with Crippen LogP contribution in [0.2, 0.25) is 0 Å². The molecule has 9 nitrogen and oxygen atoms in total. The molecule has 2 amide bonds. The average Bonchev–Trinajstić information content (AvgIpc) is 3.70. The van der Waals surface area contributed by atoms with Crippen molar-refractivity contribution in [3.63, 3.8) is 0 Å². The molecule has 5 heterocycles. The lowest BCUT2D eigenvalue weighted by Gasteiger charge is -2.26. The molecule has 2 aliphatic heterocycles. The summed E-state index contributed by atoms with van der Waals surface area (Å²) in [5, 5.41) is 0. The van der Waals surface area contributed by atoms with Gasteiger partial charge >= 0.3 is 0 Å². The van der Waals surface area contributed by atoms with Gasteiger partial charge in [-0.1, -0.05) is 0 Å². The maximum absolute atomic E-state index is 12.8. The second-order valence-corrected chi connectivity index (χ2v) is 10.6. The lowest BCUT2D eigenvalue weighted by molar-refractivity contribution is 0.0279. The van der Waals surface area contributed by atoms with E-state index in [-0.39, 0.29) is 11.8 Å². The maximum Gasteiger partial charge on any atom is 0.289 e. The molecule has 0 saturated carbocycles. The topological polar surface area (TPSA) is 98.5 Å². The molecule has 0 bridgehead atoms. The number of rotatable bonds is 6.